The van der Waals surface area contributed by atoms with Crippen molar-refractivity contribution in [3.63, 3.8) is 0 Å². The molecule has 0 radical (unpaired) electrons. The summed E-state index contributed by atoms with van der Waals surface area (Å²) in [4.78, 5) is 0. The summed E-state index contributed by atoms with van der Waals surface area (Å²) < 4.78 is 0. The maximum atomic E-state index is 7.08. The minimum Gasteiger partial charge on any atom is -0.399 e. The molecule has 0 saturated heterocycles. The summed E-state index contributed by atoms with van der Waals surface area (Å²) in [5, 5.41) is 0. The van der Waals surface area contributed by atoms with Crippen molar-refractivity contribution in [3.05, 3.63) is 154 Å². The quantitative estimate of drug-likeness (QED) is 0.112. The molecule has 46 heavy (non-hydrogen) atoms. The second-order valence-electron chi connectivity index (χ2n) is 12.6. The van der Waals surface area contributed by atoms with Crippen LogP contribution in [-0.4, -0.2) is 0 Å². The van der Waals surface area contributed by atoms with Crippen LogP contribution in [0.25, 0.3) is 33.4 Å². The van der Waals surface area contributed by atoms with E-state index in [-0.39, 0.29) is 5.92 Å². The van der Waals surface area contributed by atoms with E-state index in [2.05, 4.69) is 113 Å². The molecule has 0 saturated carbocycles. The molecule has 4 heteroatoms. The van der Waals surface area contributed by atoms with Crippen LogP contribution in [0.5, 0.6) is 0 Å². The molecule has 6 rings (SSSR count). The molecule has 0 heterocycles. The fourth-order valence-corrected chi connectivity index (χ4v) is 6.88. The van der Waals surface area contributed by atoms with Gasteiger partial charge in [0, 0.05) is 28.7 Å². The van der Waals surface area contributed by atoms with E-state index in [0.717, 1.165) is 95.1 Å². The molecule has 1 atom stereocenters. The Morgan fingerprint density at radius 2 is 1.00 bits per heavy atom. The van der Waals surface area contributed by atoms with Gasteiger partial charge in [-0.3, -0.25) is 0 Å². The first-order valence-corrected chi connectivity index (χ1v) is 15.7. The Labute approximate surface area is 272 Å². The van der Waals surface area contributed by atoms with Gasteiger partial charge in [-0.05, 0) is 155 Å². The van der Waals surface area contributed by atoms with E-state index in [0.29, 0.717) is 0 Å². The summed E-state index contributed by atoms with van der Waals surface area (Å²) in [6.45, 7) is 10.6. The van der Waals surface area contributed by atoms with Crippen LogP contribution in [0.4, 0.5) is 22.7 Å². The van der Waals surface area contributed by atoms with Crippen molar-refractivity contribution in [2.75, 3.05) is 22.9 Å². The van der Waals surface area contributed by atoms with Crippen LogP contribution >= 0.6 is 0 Å². The number of benzene rings is 6. The Bertz CT molecular complexity index is 2080. The number of nitrogen functional groups attached to an aromatic ring is 4. The van der Waals surface area contributed by atoms with Gasteiger partial charge in [0.15, 0.2) is 0 Å². The van der Waals surface area contributed by atoms with Crippen LogP contribution in [0.15, 0.2) is 109 Å². The van der Waals surface area contributed by atoms with Gasteiger partial charge >= 0.3 is 0 Å². The van der Waals surface area contributed by atoms with Crippen molar-refractivity contribution in [2.45, 2.75) is 40.5 Å². The van der Waals surface area contributed by atoms with Gasteiger partial charge in [-0.2, -0.15) is 0 Å². The van der Waals surface area contributed by atoms with Gasteiger partial charge < -0.3 is 22.9 Å². The zero-order valence-electron chi connectivity index (χ0n) is 27.3. The molecule has 0 amide bonds. The highest BCUT2D eigenvalue weighted by Gasteiger charge is 2.27. The zero-order valence-corrected chi connectivity index (χ0v) is 27.3. The van der Waals surface area contributed by atoms with Gasteiger partial charge in [-0.25, -0.2) is 0 Å². The number of nitrogens with two attached hydrogens (primary N) is 4. The highest BCUT2D eigenvalue weighted by molar-refractivity contribution is 5.82. The summed E-state index contributed by atoms with van der Waals surface area (Å²) in [6, 6.07) is 38.0. The largest absolute Gasteiger partial charge is 0.399 e. The van der Waals surface area contributed by atoms with Gasteiger partial charge in [0.05, 0.1) is 0 Å². The molecule has 8 N–H and O–H groups in total. The average molecular weight is 603 g/mol. The van der Waals surface area contributed by atoms with Crippen LogP contribution in [-0.2, 0) is 0 Å². The summed E-state index contributed by atoms with van der Waals surface area (Å²) in [5.41, 5.74) is 45.0. The Morgan fingerprint density at radius 1 is 0.457 bits per heavy atom. The molecule has 0 aliphatic rings. The molecule has 0 aliphatic carbocycles. The third kappa shape index (κ3) is 5.59. The Hall–Kier alpha value is -5.48. The van der Waals surface area contributed by atoms with Gasteiger partial charge in [0.1, 0.15) is 0 Å². The van der Waals surface area contributed by atoms with E-state index in [1.54, 1.807) is 0 Å². The summed E-state index contributed by atoms with van der Waals surface area (Å²) >= 11 is 0. The van der Waals surface area contributed by atoms with Crippen LogP contribution < -0.4 is 22.9 Å². The molecule has 6 aromatic rings. The van der Waals surface area contributed by atoms with E-state index in [1.807, 2.05) is 30.3 Å². The minimum absolute atomic E-state index is 0.217. The van der Waals surface area contributed by atoms with Crippen molar-refractivity contribution in [1.29, 1.82) is 0 Å². The maximum absolute atomic E-state index is 7.08. The third-order valence-corrected chi connectivity index (χ3v) is 9.35. The number of hydrogen-bond acceptors (Lipinski definition) is 4. The highest BCUT2D eigenvalue weighted by atomic mass is 14.6. The molecule has 0 spiro atoms. The Morgan fingerprint density at radius 3 is 1.59 bits per heavy atom. The summed E-state index contributed by atoms with van der Waals surface area (Å²) in [6.07, 6.45) is 0. The molecular formula is C42H42N4. The average Bonchev–Trinajstić information content (AvgIpc) is 3.03. The van der Waals surface area contributed by atoms with Crippen LogP contribution in [0, 0.1) is 34.6 Å². The highest BCUT2D eigenvalue weighted by Crippen LogP contribution is 2.46. The smallest absolute Gasteiger partial charge is 0.0389 e. The topological polar surface area (TPSA) is 104 Å². The number of aryl methyl sites for hydroxylation is 4. The van der Waals surface area contributed by atoms with E-state index < -0.39 is 0 Å². The predicted octanol–water partition coefficient (Wildman–Crippen LogP) is 9.74. The van der Waals surface area contributed by atoms with Gasteiger partial charge in [-0.1, -0.05) is 66.7 Å². The van der Waals surface area contributed by atoms with Crippen molar-refractivity contribution in [1.82, 2.24) is 0 Å². The van der Waals surface area contributed by atoms with Gasteiger partial charge in [0.25, 0.3) is 0 Å². The first kappa shape index (κ1) is 30.5. The summed E-state index contributed by atoms with van der Waals surface area (Å²) in [7, 11) is 0. The monoisotopic (exact) mass is 602 g/mol. The van der Waals surface area contributed by atoms with Crippen molar-refractivity contribution < 1.29 is 0 Å². The molecule has 0 bridgehead atoms. The SMILES string of the molecule is Cc1cc(N)ccc1-c1cc(C(c2ccc(-c3ccccc3)cc2)c2c(C)c(-c3ccc(N)cc3C)cc(C)c2N)c(N)cc1C. The van der Waals surface area contributed by atoms with Crippen LogP contribution in [0.2, 0.25) is 0 Å². The zero-order chi connectivity index (χ0) is 32.7. The fourth-order valence-electron chi connectivity index (χ4n) is 6.88. The number of anilines is 4. The maximum Gasteiger partial charge on any atom is 0.0389 e. The van der Waals surface area contributed by atoms with Crippen LogP contribution in [0.3, 0.4) is 0 Å². The third-order valence-electron chi connectivity index (χ3n) is 9.35. The first-order valence-electron chi connectivity index (χ1n) is 15.7. The van der Waals surface area contributed by atoms with E-state index in [9.17, 15) is 0 Å². The molecule has 0 aliphatic heterocycles. The van der Waals surface area contributed by atoms with Crippen molar-refractivity contribution >= 4 is 22.7 Å². The molecular weight excluding hydrogens is 560 g/mol. The lowest BCUT2D eigenvalue weighted by Crippen LogP contribution is -2.13. The lowest BCUT2D eigenvalue weighted by atomic mass is 9.77. The van der Waals surface area contributed by atoms with Crippen molar-refractivity contribution in [2.24, 2.45) is 0 Å². The van der Waals surface area contributed by atoms with Crippen molar-refractivity contribution in [3.8, 4) is 33.4 Å². The standard InChI is InChI=1S/C42H42N4/c1-24-19-32(43)15-17-34(24)36-23-38(39(45)22-26(36)3)41(31-13-11-30(12-14-31)29-9-7-6-8-10-29)40-28(5)37(21-27(4)42(40)46)35-18-16-33(44)20-25(35)2/h6-23,41H,43-46H2,1-5H3. The Kier molecular flexibility index (Phi) is 8.06. The van der Waals surface area contributed by atoms with Gasteiger partial charge in [-0.15, -0.1) is 0 Å². The molecule has 1 unspecified atom stereocenters. The van der Waals surface area contributed by atoms with E-state index in [1.165, 1.54) is 5.56 Å². The molecule has 230 valence electrons. The number of rotatable bonds is 6. The summed E-state index contributed by atoms with van der Waals surface area (Å²) in [5.74, 6) is -0.217. The minimum atomic E-state index is -0.217. The predicted molar refractivity (Wildman–Crippen MR) is 198 cm³/mol. The second kappa shape index (κ2) is 12.1. The normalized spacial score (nSPS) is 11.8. The van der Waals surface area contributed by atoms with E-state index in [4.69, 9.17) is 22.9 Å². The van der Waals surface area contributed by atoms with Gasteiger partial charge in [0.2, 0.25) is 0 Å². The second-order valence-corrected chi connectivity index (χ2v) is 12.6. The lowest BCUT2D eigenvalue weighted by molar-refractivity contribution is 0.967. The molecule has 0 fully saturated rings. The number of hydrogen-bond donors (Lipinski definition) is 4. The molecule has 6 aromatic carbocycles. The Balaban J connectivity index is 1.63. The first-order chi connectivity index (χ1) is 22.0. The van der Waals surface area contributed by atoms with Crippen LogP contribution in [0.1, 0.15) is 50.4 Å². The molecule has 0 aromatic heterocycles. The lowest BCUT2D eigenvalue weighted by Gasteiger charge is -2.28. The molecule has 4 nitrogen and oxygen atoms in total. The fraction of sp³-hybridized carbons (Fsp3) is 0.143. The van der Waals surface area contributed by atoms with E-state index >= 15 is 0 Å².